The first-order valence-corrected chi connectivity index (χ1v) is 4.98. The van der Waals surface area contributed by atoms with Crippen LogP contribution in [0.5, 0.6) is 0 Å². The zero-order valence-electron chi connectivity index (χ0n) is 9.26. The second-order valence-corrected chi connectivity index (χ2v) is 3.36. The van der Waals surface area contributed by atoms with E-state index in [2.05, 4.69) is 15.6 Å². The molecule has 6 heteroatoms. The minimum Gasteiger partial charge on any atom is -0.465 e. The average Bonchev–Trinajstić information content (AvgIpc) is 2.16. The number of amides is 1. The summed E-state index contributed by atoms with van der Waals surface area (Å²) in [5.74, 6) is 0. The zero-order chi connectivity index (χ0) is 12.1. The van der Waals surface area contributed by atoms with E-state index >= 15 is 0 Å². The predicted molar refractivity (Wildman–Crippen MR) is 60.8 cm³/mol. The maximum absolute atomic E-state index is 11.6. The Hall–Kier alpha value is -1.98. The molecular formula is C10H15N3O3. The third kappa shape index (κ3) is 3.01. The molecule has 1 aromatic heterocycles. The van der Waals surface area contributed by atoms with Crippen LogP contribution in [-0.4, -0.2) is 22.7 Å². The Morgan fingerprint density at radius 2 is 2.25 bits per heavy atom. The van der Waals surface area contributed by atoms with E-state index < -0.39 is 6.09 Å². The number of H-pyrrole nitrogens is 1. The molecule has 1 aromatic rings. The molecule has 1 rings (SSSR count). The van der Waals surface area contributed by atoms with Crippen molar-refractivity contribution in [2.75, 3.05) is 11.9 Å². The standard InChI is InChI=1S/C10H15N3O3/c1-3-11-8-4-6(2)13-9(14)7(8)5-12-10(15)16/h4,12H,3,5H2,1-2H3,(H,15,16)(H2,11,13,14). The molecule has 0 unspecified atom stereocenters. The molecule has 0 saturated carbocycles. The van der Waals surface area contributed by atoms with Gasteiger partial charge in [-0.05, 0) is 19.9 Å². The number of rotatable bonds is 4. The summed E-state index contributed by atoms with van der Waals surface area (Å²) in [6.07, 6.45) is -1.15. The molecule has 16 heavy (non-hydrogen) atoms. The number of carbonyl (C=O) groups is 1. The smallest absolute Gasteiger partial charge is 0.404 e. The van der Waals surface area contributed by atoms with Crippen molar-refractivity contribution in [3.05, 3.63) is 27.7 Å². The Kier molecular flexibility index (Phi) is 3.93. The Bertz CT molecular complexity index is 439. The number of aryl methyl sites for hydroxylation is 1. The number of nitrogens with one attached hydrogen (secondary N) is 3. The third-order valence-corrected chi connectivity index (χ3v) is 2.05. The van der Waals surface area contributed by atoms with Gasteiger partial charge in [-0.25, -0.2) is 4.79 Å². The molecule has 0 aliphatic rings. The molecule has 0 saturated heterocycles. The number of pyridine rings is 1. The van der Waals surface area contributed by atoms with Crippen LogP contribution in [0.2, 0.25) is 0 Å². The molecule has 4 N–H and O–H groups in total. The van der Waals surface area contributed by atoms with Crippen LogP contribution in [0.4, 0.5) is 10.5 Å². The largest absolute Gasteiger partial charge is 0.465 e. The van der Waals surface area contributed by atoms with Crippen LogP contribution in [0.3, 0.4) is 0 Å². The van der Waals surface area contributed by atoms with Gasteiger partial charge in [0.15, 0.2) is 0 Å². The first-order chi connectivity index (χ1) is 7.54. The van der Waals surface area contributed by atoms with Crippen molar-refractivity contribution in [1.82, 2.24) is 10.3 Å². The van der Waals surface area contributed by atoms with Crippen molar-refractivity contribution in [2.45, 2.75) is 20.4 Å². The van der Waals surface area contributed by atoms with Gasteiger partial charge in [0.2, 0.25) is 0 Å². The summed E-state index contributed by atoms with van der Waals surface area (Å²) in [6, 6.07) is 1.78. The zero-order valence-corrected chi connectivity index (χ0v) is 9.26. The first-order valence-electron chi connectivity index (χ1n) is 4.98. The quantitative estimate of drug-likeness (QED) is 0.612. The van der Waals surface area contributed by atoms with Gasteiger partial charge in [0.05, 0.1) is 12.1 Å². The average molecular weight is 225 g/mol. The number of aromatic amines is 1. The molecule has 0 aromatic carbocycles. The minimum atomic E-state index is -1.15. The van der Waals surface area contributed by atoms with E-state index in [0.717, 1.165) is 5.69 Å². The van der Waals surface area contributed by atoms with Crippen molar-refractivity contribution in [1.29, 1.82) is 0 Å². The van der Waals surface area contributed by atoms with Gasteiger partial charge in [-0.15, -0.1) is 0 Å². The van der Waals surface area contributed by atoms with Crippen molar-refractivity contribution >= 4 is 11.8 Å². The maximum Gasteiger partial charge on any atom is 0.404 e. The number of anilines is 1. The summed E-state index contributed by atoms with van der Waals surface area (Å²) in [7, 11) is 0. The fourth-order valence-electron chi connectivity index (χ4n) is 1.40. The van der Waals surface area contributed by atoms with Gasteiger partial charge in [-0.3, -0.25) is 4.79 Å². The molecule has 0 radical (unpaired) electrons. The Balaban J connectivity index is 3.03. The monoisotopic (exact) mass is 225 g/mol. The highest BCUT2D eigenvalue weighted by Gasteiger charge is 2.08. The lowest BCUT2D eigenvalue weighted by Crippen LogP contribution is -2.26. The molecule has 1 heterocycles. The number of hydrogen-bond donors (Lipinski definition) is 4. The third-order valence-electron chi connectivity index (χ3n) is 2.05. The van der Waals surface area contributed by atoms with Crippen molar-refractivity contribution in [3.63, 3.8) is 0 Å². The number of carboxylic acid groups (broad SMARTS) is 1. The molecule has 0 atom stereocenters. The molecule has 0 aliphatic heterocycles. The van der Waals surface area contributed by atoms with Gasteiger partial charge in [0, 0.05) is 17.9 Å². The molecule has 0 fully saturated rings. The molecule has 0 aliphatic carbocycles. The summed E-state index contributed by atoms with van der Waals surface area (Å²) in [5, 5.41) is 13.7. The lowest BCUT2D eigenvalue weighted by molar-refractivity contribution is 0.194. The lowest BCUT2D eigenvalue weighted by Gasteiger charge is -2.10. The van der Waals surface area contributed by atoms with E-state index in [4.69, 9.17) is 5.11 Å². The minimum absolute atomic E-state index is 0.00667. The fourth-order valence-corrected chi connectivity index (χ4v) is 1.40. The van der Waals surface area contributed by atoms with Crippen LogP contribution < -0.4 is 16.2 Å². The highest BCUT2D eigenvalue weighted by Crippen LogP contribution is 2.11. The summed E-state index contributed by atoms with van der Waals surface area (Å²) in [4.78, 5) is 24.6. The Morgan fingerprint density at radius 3 is 2.81 bits per heavy atom. The second kappa shape index (κ2) is 5.20. The molecule has 1 amide bonds. The lowest BCUT2D eigenvalue weighted by atomic mass is 10.2. The van der Waals surface area contributed by atoms with Gasteiger partial charge in [0.1, 0.15) is 0 Å². The fraction of sp³-hybridized carbons (Fsp3) is 0.400. The van der Waals surface area contributed by atoms with Gasteiger partial charge in [-0.1, -0.05) is 0 Å². The summed E-state index contributed by atoms with van der Waals surface area (Å²) in [5.41, 5.74) is 1.53. The normalized spacial score (nSPS) is 9.88. The molecule has 0 bridgehead atoms. The summed E-state index contributed by atoms with van der Waals surface area (Å²) >= 11 is 0. The SMILES string of the molecule is CCNc1cc(C)[nH]c(=O)c1CNC(=O)O. The van der Waals surface area contributed by atoms with Gasteiger partial charge in [0.25, 0.3) is 5.56 Å². The number of hydrogen-bond acceptors (Lipinski definition) is 3. The van der Waals surface area contributed by atoms with Crippen LogP contribution in [0.15, 0.2) is 10.9 Å². The van der Waals surface area contributed by atoms with Crippen LogP contribution in [-0.2, 0) is 6.54 Å². The van der Waals surface area contributed by atoms with Crippen molar-refractivity contribution < 1.29 is 9.90 Å². The topological polar surface area (TPSA) is 94.2 Å². The Labute approximate surface area is 92.7 Å². The highest BCUT2D eigenvalue weighted by atomic mass is 16.4. The summed E-state index contributed by atoms with van der Waals surface area (Å²) in [6.45, 7) is 4.35. The second-order valence-electron chi connectivity index (χ2n) is 3.36. The van der Waals surface area contributed by atoms with Crippen LogP contribution in [0.25, 0.3) is 0 Å². The van der Waals surface area contributed by atoms with Gasteiger partial charge in [-0.2, -0.15) is 0 Å². The van der Waals surface area contributed by atoms with Gasteiger partial charge >= 0.3 is 6.09 Å². The first kappa shape index (κ1) is 12.1. The molecule has 88 valence electrons. The molecule has 6 nitrogen and oxygen atoms in total. The van der Waals surface area contributed by atoms with E-state index in [0.29, 0.717) is 17.8 Å². The van der Waals surface area contributed by atoms with E-state index in [1.165, 1.54) is 0 Å². The van der Waals surface area contributed by atoms with Gasteiger partial charge < -0.3 is 20.7 Å². The molecular weight excluding hydrogens is 210 g/mol. The van der Waals surface area contributed by atoms with Crippen molar-refractivity contribution in [3.8, 4) is 0 Å². The highest BCUT2D eigenvalue weighted by molar-refractivity contribution is 5.65. The van der Waals surface area contributed by atoms with Crippen LogP contribution >= 0.6 is 0 Å². The maximum atomic E-state index is 11.6. The summed E-state index contributed by atoms with van der Waals surface area (Å²) < 4.78 is 0. The van der Waals surface area contributed by atoms with E-state index in [1.54, 1.807) is 13.0 Å². The molecule has 0 spiro atoms. The number of aromatic nitrogens is 1. The van der Waals surface area contributed by atoms with Crippen LogP contribution in [0.1, 0.15) is 18.2 Å². The van der Waals surface area contributed by atoms with Crippen LogP contribution in [0, 0.1) is 6.92 Å². The van der Waals surface area contributed by atoms with E-state index in [-0.39, 0.29) is 12.1 Å². The predicted octanol–water partition coefficient (Wildman–Crippen LogP) is 0.883. The van der Waals surface area contributed by atoms with E-state index in [9.17, 15) is 9.59 Å². The van der Waals surface area contributed by atoms with Crippen molar-refractivity contribution in [2.24, 2.45) is 0 Å². The Morgan fingerprint density at radius 1 is 1.56 bits per heavy atom. The van der Waals surface area contributed by atoms with E-state index in [1.807, 2.05) is 6.92 Å².